The second-order valence-electron chi connectivity index (χ2n) is 6.80. The number of methoxy groups -OCH3 is 1. The third-order valence-corrected chi connectivity index (χ3v) is 6.20. The highest BCUT2D eigenvalue weighted by Crippen LogP contribution is 2.37. The molecule has 4 rings (SSSR count). The summed E-state index contributed by atoms with van der Waals surface area (Å²) in [4.78, 5) is 27.2. The number of thiocarbonyl (C=S) groups is 1. The molecule has 1 fully saturated rings. The van der Waals surface area contributed by atoms with Gasteiger partial charge in [-0.15, -0.1) is 0 Å². The zero-order valence-electron chi connectivity index (χ0n) is 17.1. The van der Waals surface area contributed by atoms with Crippen molar-refractivity contribution >= 4 is 63.5 Å². The molecule has 0 bridgehead atoms. The molecule has 3 aromatic carbocycles. The number of hydrogen-bond donors (Lipinski definition) is 0. The van der Waals surface area contributed by atoms with E-state index >= 15 is 0 Å². The van der Waals surface area contributed by atoms with Crippen LogP contribution in [0.25, 0.3) is 6.08 Å². The van der Waals surface area contributed by atoms with Crippen LogP contribution in [0.4, 0.5) is 10.1 Å². The highest BCUT2D eigenvalue weighted by atomic mass is 35.5. The number of anilines is 1. The number of thioether (sulfide) groups is 1. The van der Waals surface area contributed by atoms with E-state index in [9.17, 15) is 14.0 Å². The van der Waals surface area contributed by atoms with Gasteiger partial charge >= 0.3 is 5.97 Å². The number of carbonyl (C=O) groups excluding carboxylic acids is 2. The number of nitrogens with zero attached hydrogens (tertiary/aromatic N) is 1. The van der Waals surface area contributed by atoms with Crippen LogP contribution in [0.2, 0.25) is 5.02 Å². The average Bonchev–Trinajstić information content (AvgIpc) is 3.08. The van der Waals surface area contributed by atoms with E-state index in [1.807, 2.05) is 0 Å². The summed E-state index contributed by atoms with van der Waals surface area (Å²) in [7, 11) is 1.44. The largest absolute Gasteiger partial charge is 0.493 e. The maximum atomic E-state index is 13.1. The van der Waals surface area contributed by atoms with Gasteiger partial charge < -0.3 is 9.47 Å². The minimum absolute atomic E-state index is 0.192. The molecule has 1 heterocycles. The number of benzene rings is 3. The van der Waals surface area contributed by atoms with Gasteiger partial charge in [0.2, 0.25) is 0 Å². The number of halogens is 2. The number of carbonyl (C=O) groups is 2. The van der Waals surface area contributed by atoms with Gasteiger partial charge in [0.25, 0.3) is 5.91 Å². The summed E-state index contributed by atoms with van der Waals surface area (Å²) in [6.45, 7) is 0. The summed E-state index contributed by atoms with van der Waals surface area (Å²) >= 11 is 12.5. The predicted octanol–water partition coefficient (Wildman–Crippen LogP) is 6.11. The lowest BCUT2D eigenvalue weighted by molar-refractivity contribution is -0.113. The van der Waals surface area contributed by atoms with Crippen molar-refractivity contribution in [2.24, 2.45) is 0 Å². The van der Waals surface area contributed by atoms with Crippen molar-refractivity contribution in [3.63, 3.8) is 0 Å². The Labute approximate surface area is 203 Å². The van der Waals surface area contributed by atoms with Gasteiger partial charge in [0.05, 0.1) is 23.3 Å². The molecule has 0 unspecified atom stereocenters. The molecule has 1 aliphatic rings. The Morgan fingerprint density at radius 2 is 1.76 bits per heavy atom. The van der Waals surface area contributed by atoms with Crippen LogP contribution in [-0.2, 0) is 4.79 Å². The fraction of sp³-hybridized carbons (Fsp3) is 0.0417. The Kier molecular flexibility index (Phi) is 6.78. The second kappa shape index (κ2) is 9.74. The Balaban J connectivity index is 1.55. The molecule has 9 heteroatoms. The van der Waals surface area contributed by atoms with Gasteiger partial charge in [-0.1, -0.05) is 41.6 Å². The van der Waals surface area contributed by atoms with Crippen molar-refractivity contribution in [1.82, 2.24) is 0 Å². The molecule has 0 radical (unpaired) electrons. The molecule has 0 atom stereocenters. The third-order valence-electron chi connectivity index (χ3n) is 4.65. The topological polar surface area (TPSA) is 55.8 Å². The van der Waals surface area contributed by atoms with Crippen molar-refractivity contribution in [2.75, 3.05) is 12.0 Å². The van der Waals surface area contributed by atoms with E-state index in [4.69, 9.17) is 33.3 Å². The minimum Gasteiger partial charge on any atom is -0.493 e. The normalized spacial score (nSPS) is 14.6. The Morgan fingerprint density at radius 3 is 2.42 bits per heavy atom. The lowest BCUT2D eigenvalue weighted by atomic mass is 10.1. The molecule has 0 saturated carbocycles. The molecule has 0 N–H and O–H groups in total. The molecule has 1 amide bonds. The Morgan fingerprint density at radius 1 is 1.06 bits per heavy atom. The first-order valence-electron chi connectivity index (χ1n) is 9.55. The third kappa shape index (κ3) is 5.08. The van der Waals surface area contributed by atoms with E-state index in [1.165, 1.54) is 48.0 Å². The standard InChI is InChI=1S/C24H15ClFNO4S2/c1-30-20-12-14(2-11-19(20)31-23(29)15-3-7-17(26)8-4-15)13-21-22(28)27(24(32)33-21)18-9-5-16(25)6-10-18/h2-13H,1H3/b21-13+. The zero-order chi connectivity index (χ0) is 23.5. The summed E-state index contributed by atoms with van der Waals surface area (Å²) in [5.74, 6) is -0.858. The zero-order valence-corrected chi connectivity index (χ0v) is 19.5. The fourth-order valence-corrected chi connectivity index (χ4v) is 4.46. The van der Waals surface area contributed by atoms with E-state index in [2.05, 4.69) is 0 Å². The molecule has 0 aliphatic carbocycles. The highest BCUT2D eigenvalue weighted by molar-refractivity contribution is 8.27. The fourth-order valence-electron chi connectivity index (χ4n) is 3.03. The van der Waals surface area contributed by atoms with Crippen molar-refractivity contribution in [3.8, 4) is 11.5 Å². The van der Waals surface area contributed by atoms with Gasteiger partial charge in [0.15, 0.2) is 15.8 Å². The van der Waals surface area contributed by atoms with Crippen molar-refractivity contribution in [3.05, 3.63) is 93.6 Å². The number of amides is 1. The monoisotopic (exact) mass is 499 g/mol. The minimum atomic E-state index is -0.648. The van der Waals surface area contributed by atoms with Crippen LogP contribution >= 0.6 is 35.6 Å². The lowest BCUT2D eigenvalue weighted by Gasteiger charge is -2.14. The summed E-state index contributed by atoms with van der Waals surface area (Å²) in [5, 5.41) is 0.562. The van der Waals surface area contributed by atoms with Crippen molar-refractivity contribution in [2.45, 2.75) is 0 Å². The van der Waals surface area contributed by atoms with Crippen LogP contribution in [0.15, 0.2) is 71.6 Å². The van der Waals surface area contributed by atoms with Crippen molar-refractivity contribution < 1.29 is 23.5 Å². The molecule has 1 saturated heterocycles. The second-order valence-corrected chi connectivity index (χ2v) is 8.91. The molecule has 33 heavy (non-hydrogen) atoms. The maximum Gasteiger partial charge on any atom is 0.343 e. The van der Waals surface area contributed by atoms with Gasteiger partial charge in [-0.3, -0.25) is 9.69 Å². The van der Waals surface area contributed by atoms with E-state index < -0.39 is 11.8 Å². The molecule has 3 aromatic rings. The van der Waals surface area contributed by atoms with Gasteiger partial charge in [0.1, 0.15) is 5.82 Å². The summed E-state index contributed by atoms with van der Waals surface area (Å²) in [5.41, 5.74) is 1.49. The first-order chi connectivity index (χ1) is 15.9. The van der Waals surface area contributed by atoms with Gasteiger partial charge in [-0.2, -0.15) is 0 Å². The predicted molar refractivity (Wildman–Crippen MR) is 131 cm³/mol. The molecule has 5 nitrogen and oxygen atoms in total. The van der Waals surface area contributed by atoms with Crippen LogP contribution in [0, 0.1) is 5.82 Å². The molecule has 166 valence electrons. The van der Waals surface area contributed by atoms with E-state index in [1.54, 1.807) is 48.5 Å². The molecular formula is C24H15ClFNO4S2. The van der Waals surface area contributed by atoms with E-state index in [0.29, 0.717) is 31.2 Å². The summed E-state index contributed by atoms with van der Waals surface area (Å²) in [6, 6.07) is 16.7. The van der Waals surface area contributed by atoms with Gasteiger partial charge in [-0.05, 0) is 72.3 Å². The van der Waals surface area contributed by atoms with Crippen molar-refractivity contribution in [1.29, 1.82) is 0 Å². The van der Waals surface area contributed by atoms with Crippen LogP contribution in [0.1, 0.15) is 15.9 Å². The van der Waals surface area contributed by atoms with Crippen LogP contribution in [0.5, 0.6) is 11.5 Å². The van der Waals surface area contributed by atoms with Gasteiger partial charge in [-0.25, -0.2) is 9.18 Å². The number of rotatable bonds is 5. The number of esters is 1. The van der Waals surface area contributed by atoms with Crippen LogP contribution in [-0.4, -0.2) is 23.3 Å². The molecule has 0 aromatic heterocycles. The van der Waals surface area contributed by atoms with Gasteiger partial charge in [0, 0.05) is 5.02 Å². The smallest absolute Gasteiger partial charge is 0.343 e. The highest BCUT2D eigenvalue weighted by Gasteiger charge is 2.33. The quantitative estimate of drug-likeness (QED) is 0.183. The number of hydrogen-bond acceptors (Lipinski definition) is 6. The average molecular weight is 500 g/mol. The molecule has 0 spiro atoms. The van der Waals surface area contributed by atoms with Crippen LogP contribution < -0.4 is 14.4 Å². The first-order valence-corrected chi connectivity index (χ1v) is 11.2. The lowest BCUT2D eigenvalue weighted by Crippen LogP contribution is -2.27. The SMILES string of the molecule is COc1cc(/C=C2/SC(=S)N(c3ccc(Cl)cc3)C2=O)ccc1OC(=O)c1ccc(F)cc1. The Hall–Kier alpha value is -3.20. The first kappa shape index (κ1) is 23.0. The van der Waals surface area contributed by atoms with E-state index in [-0.39, 0.29) is 17.2 Å². The summed E-state index contributed by atoms with van der Waals surface area (Å²) < 4.78 is 24.2. The van der Waals surface area contributed by atoms with Crippen LogP contribution in [0.3, 0.4) is 0 Å². The number of ether oxygens (including phenoxy) is 2. The molecule has 1 aliphatic heterocycles. The Bertz CT molecular complexity index is 1280. The molecular weight excluding hydrogens is 485 g/mol. The maximum absolute atomic E-state index is 13.1. The van der Waals surface area contributed by atoms with E-state index in [0.717, 1.165) is 0 Å². The summed E-state index contributed by atoms with van der Waals surface area (Å²) in [6.07, 6.45) is 1.68.